The van der Waals surface area contributed by atoms with Crippen molar-refractivity contribution in [3.63, 3.8) is 0 Å². The van der Waals surface area contributed by atoms with Crippen molar-refractivity contribution >= 4 is 13.7 Å². The van der Waals surface area contributed by atoms with Gasteiger partial charge in [-0.15, -0.1) is 0 Å². The molecule has 0 radical (unpaired) electrons. The molecule has 0 aliphatic carbocycles. The molecule has 0 aromatic heterocycles. The van der Waals surface area contributed by atoms with Crippen molar-refractivity contribution in [2.24, 2.45) is 0 Å². The Balaban J connectivity index is 3.90. The molecule has 3 unspecified atom stereocenters. The monoisotopic (exact) mass is 1090 g/mol. The summed E-state index contributed by atoms with van der Waals surface area (Å²) in [5.74, 6) is -0.182. The second-order valence-corrected chi connectivity index (χ2v) is 25.3. The van der Waals surface area contributed by atoms with E-state index in [1.165, 1.54) is 257 Å². The first kappa shape index (κ1) is 74.5. The third-order valence-corrected chi connectivity index (χ3v) is 16.0. The summed E-state index contributed by atoms with van der Waals surface area (Å²) in [7, 11) is 1.57. The van der Waals surface area contributed by atoms with E-state index in [9.17, 15) is 19.4 Å². The van der Waals surface area contributed by atoms with Gasteiger partial charge in [0.1, 0.15) is 13.2 Å². The first-order valence-electron chi connectivity index (χ1n) is 33.0. The molecule has 1 amide bonds. The lowest BCUT2D eigenvalue weighted by molar-refractivity contribution is -0.870. The molecular formula is C67H130N2O6P+. The van der Waals surface area contributed by atoms with Crippen LogP contribution in [0.1, 0.15) is 322 Å². The van der Waals surface area contributed by atoms with Gasteiger partial charge < -0.3 is 19.8 Å². The summed E-state index contributed by atoms with van der Waals surface area (Å²) in [4.78, 5) is 23.3. The molecule has 3 N–H and O–H groups in total. The second-order valence-electron chi connectivity index (χ2n) is 23.8. The predicted molar refractivity (Wildman–Crippen MR) is 332 cm³/mol. The van der Waals surface area contributed by atoms with E-state index in [0.717, 1.165) is 44.9 Å². The van der Waals surface area contributed by atoms with E-state index in [1.807, 2.05) is 27.2 Å². The quantitative estimate of drug-likeness (QED) is 0.0243. The maximum atomic E-state index is 13.0. The molecule has 0 aromatic carbocycles. The highest BCUT2D eigenvalue weighted by atomic mass is 31.2. The van der Waals surface area contributed by atoms with E-state index in [4.69, 9.17) is 9.05 Å². The summed E-state index contributed by atoms with van der Waals surface area (Å²) < 4.78 is 23.7. The Labute approximate surface area is 473 Å². The maximum Gasteiger partial charge on any atom is 0.472 e. The third kappa shape index (κ3) is 60.1. The number of phosphoric acid groups is 1. The van der Waals surface area contributed by atoms with Crippen LogP contribution in [0.3, 0.4) is 0 Å². The van der Waals surface area contributed by atoms with Crippen LogP contribution in [-0.4, -0.2) is 73.4 Å². The number of quaternary nitrogens is 1. The number of amides is 1. The van der Waals surface area contributed by atoms with Gasteiger partial charge in [0.25, 0.3) is 0 Å². The first-order chi connectivity index (χ1) is 37.0. The van der Waals surface area contributed by atoms with Gasteiger partial charge in [-0.1, -0.05) is 300 Å². The zero-order valence-corrected chi connectivity index (χ0v) is 52.2. The number of nitrogens with zero attached hydrogens (tertiary/aromatic N) is 1. The largest absolute Gasteiger partial charge is 0.472 e. The van der Waals surface area contributed by atoms with Crippen LogP contribution in [0, 0.1) is 0 Å². The molecule has 0 bridgehead atoms. The minimum absolute atomic E-state index is 0.0575. The van der Waals surface area contributed by atoms with Crippen molar-refractivity contribution in [1.82, 2.24) is 5.32 Å². The van der Waals surface area contributed by atoms with Gasteiger partial charge in [-0.25, -0.2) is 4.57 Å². The van der Waals surface area contributed by atoms with Gasteiger partial charge >= 0.3 is 7.82 Å². The van der Waals surface area contributed by atoms with Crippen molar-refractivity contribution in [2.75, 3.05) is 40.9 Å². The summed E-state index contributed by atoms with van der Waals surface area (Å²) in [5, 5.41) is 13.9. The minimum Gasteiger partial charge on any atom is -0.387 e. The van der Waals surface area contributed by atoms with E-state index in [2.05, 4.69) is 55.6 Å². The normalized spacial score (nSPS) is 14.0. The van der Waals surface area contributed by atoms with Gasteiger partial charge in [0.05, 0.1) is 39.9 Å². The standard InChI is InChI=1S/C67H129N2O6P/c1-6-8-10-12-14-16-18-20-22-23-24-25-26-27-28-29-30-31-32-33-34-35-36-37-38-39-40-41-42-43-44-45-47-49-51-53-55-57-59-61-67(71)68-65(64-75-76(72,73)74-63-62-69(3,4)5)66(70)60-58-56-54-52-50-48-46-21-19-17-15-13-11-9-7-2/h18,20,23-24,50,52,58,60,65-66,70H,6-17,19,21-22,25-49,51,53-57,59,61-64H2,1-5H3,(H-,68,71,72,73)/p+1/b20-18-,24-23-,52-50+,60-58+. The zero-order chi connectivity index (χ0) is 55.6. The molecule has 0 aliphatic rings. The SMILES string of the molecule is CCCCCCC/C=C\C/C=C\CCCCCCCCCCCCCCCCCCCCCCCCCCCCCC(=O)NC(COP(=O)(O)OCC[N+](C)(C)C)C(O)/C=C/CC/C=C/CCCCCCCCCCC. The van der Waals surface area contributed by atoms with Gasteiger partial charge in [0.2, 0.25) is 5.91 Å². The zero-order valence-electron chi connectivity index (χ0n) is 51.3. The van der Waals surface area contributed by atoms with E-state index in [0.29, 0.717) is 17.4 Å². The average molecular weight is 1090 g/mol. The number of unbranched alkanes of at least 4 members (excludes halogenated alkanes) is 42. The van der Waals surface area contributed by atoms with E-state index in [1.54, 1.807) is 6.08 Å². The minimum atomic E-state index is -4.35. The van der Waals surface area contributed by atoms with Crippen molar-refractivity contribution < 1.29 is 32.9 Å². The molecule has 76 heavy (non-hydrogen) atoms. The van der Waals surface area contributed by atoms with Gasteiger partial charge in [0.15, 0.2) is 0 Å². The lowest BCUT2D eigenvalue weighted by atomic mass is 10.0. The van der Waals surface area contributed by atoms with Crippen LogP contribution < -0.4 is 5.32 Å². The maximum absolute atomic E-state index is 13.0. The van der Waals surface area contributed by atoms with Crippen LogP contribution in [0.15, 0.2) is 48.6 Å². The van der Waals surface area contributed by atoms with Crippen molar-refractivity contribution in [3.8, 4) is 0 Å². The molecular weight excluding hydrogens is 960 g/mol. The molecule has 0 spiro atoms. The van der Waals surface area contributed by atoms with Crippen LogP contribution in [0.5, 0.6) is 0 Å². The number of hydrogen-bond donors (Lipinski definition) is 3. The van der Waals surface area contributed by atoms with Crippen LogP contribution in [-0.2, 0) is 18.4 Å². The van der Waals surface area contributed by atoms with Crippen LogP contribution in [0.4, 0.5) is 0 Å². The highest BCUT2D eigenvalue weighted by Crippen LogP contribution is 2.43. The number of aliphatic hydroxyl groups is 1. The molecule has 0 fully saturated rings. The number of hydrogen-bond acceptors (Lipinski definition) is 5. The fraction of sp³-hybridized carbons (Fsp3) is 0.866. The molecule has 0 rings (SSSR count). The Kier molecular flexibility index (Phi) is 56.9. The molecule has 0 heterocycles. The van der Waals surface area contributed by atoms with Crippen LogP contribution in [0.2, 0.25) is 0 Å². The number of aliphatic hydroxyl groups excluding tert-OH is 1. The number of carbonyl (C=O) groups is 1. The summed E-state index contributed by atoms with van der Waals surface area (Å²) in [5.41, 5.74) is 0. The summed E-state index contributed by atoms with van der Waals surface area (Å²) in [6, 6.07) is -0.862. The van der Waals surface area contributed by atoms with Crippen LogP contribution >= 0.6 is 7.82 Å². The highest BCUT2D eigenvalue weighted by Gasteiger charge is 2.28. The Morgan fingerprint density at radius 3 is 1.13 bits per heavy atom. The summed E-state index contributed by atoms with van der Waals surface area (Å²) >= 11 is 0. The number of rotatable bonds is 61. The molecule has 0 saturated carbocycles. The fourth-order valence-corrected chi connectivity index (χ4v) is 10.6. The lowest BCUT2D eigenvalue weighted by Crippen LogP contribution is -2.45. The summed E-state index contributed by atoms with van der Waals surface area (Å²) in [6.07, 6.45) is 78.4. The number of allylic oxidation sites excluding steroid dienone is 7. The molecule has 3 atom stereocenters. The number of likely N-dealkylation sites (N-methyl/N-ethyl adjacent to an activating group) is 1. The molecule has 0 saturated heterocycles. The van der Waals surface area contributed by atoms with Crippen molar-refractivity contribution in [2.45, 2.75) is 334 Å². The highest BCUT2D eigenvalue weighted by molar-refractivity contribution is 7.47. The van der Waals surface area contributed by atoms with Crippen LogP contribution in [0.25, 0.3) is 0 Å². The van der Waals surface area contributed by atoms with E-state index >= 15 is 0 Å². The fourth-order valence-electron chi connectivity index (χ4n) is 9.86. The van der Waals surface area contributed by atoms with Gasteiger partial charge in [-0.05, 0) is 64.2 Å². The Bertz CT molecular complexity index is 1380. The molecule has 448 valence electrons. The van der Waals surface area contributed by atoms with Gasteiger partial charge in [0, 0.05) is 6.42 Å². The van der Waals surface area contributed by atoms with Gasteiger partial charge in [-0.2, -0.15) is 0 Å². The Hall–Kier alpha value is -1.54. The third-order valence-electron chi connectivity index (χ3n) is 15.0. The van der Waals surface area contributed by atoms with E-state index in [-0.39, 0.29) is 19.1 Å². The second kappa shape index (κ2) is 58.1. The topological polar surface area (TPSA) is 105 Å². The number of nitrogens with one attached hydrogen (secondary N) is 1. The van der Waals surface area contributed by atoms with E-state index < -0.39 is 20.0 Å². The molecule has 0 aliphatic heterocycles. The number of phosphoric ester groups is 1. The first-order valence-corrected chi connectivity index (χ1v) is 34.5. The molecule has 8 nitrogen and oxygen atoms in total. The number of carbonyl (C=O) groups excluding carboxylic acids is 1. The van der Waals surface area contributed by atoms with Crippen molar-refractivity contribution in [1.29, 1.82) is 0 Å². The Morgan fingerprint density at radius 2 is 0.763 bits per heavy atom. The lowest BCUT2D eigenvalue weighted by Gasteiger charge is -2.25. The van der Waals surface area contributed by atoms with Gasteiger partial charge in [-0.3, -0.25) is 13.8 Å². The average Bonchev–Trinajstić information content (AvgIpc) is 3.38. The van der Waals surface area contributed by atoms with Crippen molar-refractivity contribution in [3.05, 3.63) is 48.6 Å². The molecule has 9 heteroatoms. The smallest absolute Gasteiger partial charge is 0.387 e. The molecule has 0 aromatic rings. The Morgan fingerprint density at radius 1 is 0.447 bits per heavy atom. The predicted octanol–water partition coefficient (Wildman–Crippen LogP) is 20.7. The summed E-state index contributed by atoms with van der Waals surface area (Å²) in [6.45, 7) is 4.81.